The summed E-state index contributed by atoms with van der Waals surface area (Å²) in [6.07, 6.45) is 1.75. The zero-order chi connectivity index (χ0) is 12.9. The highest BCUT2D eigenvalue weighted by molar-refractivity contribution is 6.02. The van der Waals surface area contributed by atoms with E-state index in [2.05, 4.69) is 0 Å². The number of hydrogen-bond acceptors (Lipinski definition) is 3. The second-order valence-corrected chi connectivity index (χ2v) is 4.32. The Kier molecular flexibility index (Phi) is 4.93. The number of carbonyl (C=O) groups excluding carboxylic acids is 1. The number of carboxylic acid groups (broad SMARTS) is 1. The van der Waals surface area contributed by atoms with E-state index in [0.29, 0.717) is 39.1 Å². The smallest absolute Gasteiger partial charge is 0.319 e. The molecule has 0 atom stereocenters. The van der Waals surface area contributed by atoms with Crippen LogP contribution in [-0.2, 0) is 14.3 Å². The van der Waals surface area contributed by atoms with E-state index >= 15 is 0 Å². The second-order valence-electron chi connectivity index (χ2n) is 4.32. The van der Waals surface area contributed by atoms with E-state index < -0.39 is 11.4 Å². The molecule has 0 aromatic heterocycles. The van der Waals surface area contributed by atoms with E-state index in [9.17, 15) is 14.7 Å². The van der Waals surface area contributed by atoms with Crippen molar-refractivity contribution in [2.75, 3.05) is 26.3 Å². The third-order valence-electron chi connectivity index (χ3n) is 3.40. The number of likely N-dealkylation sites (N-methyl/N-ethyl adjacent to an activating group) is 1. The van der Waals surface area contributed by atoms with Gasteiger partial charge in [-0.05, 0) is 26.7 Å². The molecular formula is C12H21NO4. The fraction of sp³-hybridized carbons (Fsp3) is 0.833. The number of nitrogens with zero attached hydrogens (tertiary/aromatic N) is 1. The maximum absolute atomic E-state index is 12.2. The summed E-state index contributed by atoms with van der Waals surface area (Å²) in [5.74, 6) is -1.23. The van der Waals surface area contributed by atoms with Crippen LogP contribution in [0.4, 0.5) is 0 Å². The summed E-state index contributed by atoms with van der Waals surface area (Å²) in [6.45, 7) is 5.82. The van der Waals surface area contributed by atoms with Crippen molar-refractivity contribution >= 4 is 11.9 Å². The molecule has 1 N–H and O–H groups in total. The molecule has 0 spiro atoms. The van der Waals surface area contributed by atoms with Gasteiger partial charge in [-0.25, -0.2) is 0 Å². The normalized spacial score (nSPS) is 17.3. The molecule has 1 aliphatic rings. The molecule has 0 radical (unpaired) electrons. The van der Waals surface area contributed by atoms with Crippen LogP contribution in [0.3, 0.4) is 0 Å². The lowest BCUT2D eigenvalue weighted by atomic mass is 9.67. The maximum atomic E-state index is 12.2. The van der Waals surface area contributed by atoms with E-state index in [1.54, 1.807) is 4.90 Å². The minimum Gasteiger partial charge on any atom is -0.480 e. The quantitative estimate of drug-likeness (QED) is 0.537. The van der Waals surface area contributed by atoms with Crippen molar-refractivity contribution in [2.24, 2.45) is 5.41 Å². The third kappa shape index (κ3) is 2.77. The molecule has 1 saturated carbocycles. The Hall–Kier alpha value is -1.10. The minimum atomic E-state index is -1.15. The first-order valence-corrected chi connectivity index (χ1v) is 6.19. The van der Waals surface area contributed by atoms with Gasteiger partial charge in [-0.3, -0.25) is 9.59 Å². The molecule has 1 aliphatic carbocycles. The Morgan fingerprint density at radius 2 is 2.00 bits per heavy atom. The molecule has 1 fully saturated rings. The first kappa shape index (κ1) is 14.0. The number of rotatable bonds is 7. The lowest BCUT2D eigenvalue weighted by molar-refractivity contribution is -0.167. The standard InChI is InChI=1S/C12H21NO4/c1-3-13(8-9-17-4-2)10(14)12(11(15)16)6-5-7-12/h3-9H2,1-2H3,(H,15,16). The van der Waals surface area contributed by atoms with Crippen LogP contribution in [0.1, 0.15) is 33.1 Å². The predicted octanol–water partition coefficient (Wildman–Crippen LogP) is 1.13. The van der Waals surface area contributed by atoms with Gasteiger partial charge in [0.2, 0.25) is 5.91 Å². The van der Waals surface area contributed by atoms with E-state index in [4.69, 9.17) is 4.74 Å². The average Bonchev–Trinajstić information content (AvgIpc) is 2.22. The van der Waals surface area contributed by atoms with Crippen molar-refractivity contribution in [3.63, 3.8) is 0 Å². The molecule has 0 unspecified atom stereocenters. The molecule has 1 amide bonds. The van der Waals surface area contributed by atoms with Gasteiger partial charge in [-0.1, -0.05) is 6.42 Å². The molecule has 5 heteroatoms. The highest BCUT2D eigenvalue weighted by atomic mass is 16.5. The highest BCUT2D eigenvalue weighted by Gasteiger charge is 2.52. The van der Waals surface area contributed by atoms with Gasteiger partial charge >= 0.3 is 5.97 Å². The Labute approximate surface area is 102 Å². The number of hydrogen-bond donors (Lipinski definition) is 1. The van der Waals surface area contributed by atoms with Gasteiger partial charge in [-0.15, -0.1) is 0 Å². The monoisotopic (exact) mass is 243 g/mol. The fourth-order valence-corrected chi connectivity index (χ4v) is 2.07. The van der Waals surface area contributed by atoms with Crippen molar-refractivity contribution in [3.05, 3.63) is 0 Å². The molecule has 0 aromatic rings. The van der Waals surface area contributed by atoms with Crippen molar-refractivity contribution in [3.8, 4) is 0 Å². The molecule has 1 rings (SSSR count). The third-order valence-corrected chi connectivity index (χ3v) is 3.40. The van der Waals surface area contributed by atoms with Crippen LogP contribution in [0.5, 0.6) is 0 Å². The Balaban J connectivity index is 2.61. The Bertz CT molecular complexity index is 286. The molecular weight excluding hydrogens is 222 g/mol. The van der Waals surface area contributed by atoms with Crippen LogP contribution >= 0.6 is 0 Å². The molecule has 0 aliphatic heterocycles. The number of aliphatic carboxylic acids is 1. The molecule has 0 bridgehead atoms. The summed E-state index contributed by atoms with van der Waals surface area (Å²) in [5, 5.41) is 9.19. The first-order valence-electron chi connectivity index (χ1n) is 6.19. The molecule has 0 aromatic carbocycles. The van der Waals surface area contributed by atoms with Gasteiger partial charge in [0.05, 0.1) is 6.61 Å². The second kappa shape index (κ2) is 6.00. The topological polar surface area (TPSA) is 66.8 Å². The lowest BCUT2D eigenvalue weighted by Gasteiger charge is -2.39. The Morgan fingerprint density at radius 1 is 1.35 bits per heavy atom. The summed E-state index contributed by atoms with van der Waals surface area (Å²) in [7, 11) is 0. The fourth-order valence-electron chi connectivity index (χ4n) is 2.07. The van der Waals surface area contributed by atoms with Crippen LogP contribution in [0.2, 0.25) is 0 Å². The number of amides is 1. The molecule has 17 heavy (non-hydrogen) atoms. The summed E-state index contributed by atoms with van der Waals surface area (Å²) < 4.78 is 5.20. The van der Waals surface area contributed by atoms with Crippen LogP contribution < -0.4 is 0 Å². The number of carbonyl (C=O) groups is 2. The SMILES string of the molecule is CCOCCN(CC)C(=O)C1(C(=O)O)CCC1. The zero-order valence-corrected chi connectivity index (χ0v) is 10.6. The van der Waals surface area contributed by atoms with Gasteiger partial charge in [-0.2, -0.15) is 0 Å². The zero-order valence-electron chi connectivity index (χ0n) is 10.6. The average molecular weight is 243 g/mol. The summed E-state index contributed by atoms with van der Waals surface area (Å²) in [6, 6.07) is 0. The van der Waals surface area contributed by atoms with Crippen LogP contribution in [0.15, 0.2) is 0 Å². The van der Waals surface area contributed by atoms with E-state index in [1.807, 2.05) is 13.8 Å². The Morgan fingerprint density at radius 3 is 2.35 bits per heavy atom. The predicted molar refractivity (Wildman–Crippen MR) is 62.7 cm³/mol. The molecule has 0 saturated heterocycles. The van der Waals surface area contributed by atoms with Crippen LogP contribution in [0.25, 0.3) is 0 Å². The van der Waals surface area contributed by atoms with Gasteiger partial charge in [0.1, 0.15) is 5.41 Å². The largest absolute Gasteiger partial charge is 0.480 e. The van der Waals surface area contributed by atoms with E-state index in [1.165, 1.54) is 0 Å². The molecule has 5 nitrogen and oxygen atoms in total. The van der Waals surface area contributed by atoms with Crippen molar-refractivity contribution in [1.82, 2.24) is 4.90 Å². The van der Waals surface area contributed by atoms with Gasteiger partial charge in [0, 0.05) is 19.7 Å². The van der Waals surface area contributed by atoms with E-state index in [0.717, 1.165) is 6.42 Å². The first-order chi connectivity index (χ1) is 8.08. The van der Waals surface area contributed by atoms with Crippen molar-refractivity contribution < 1.29 is 19.4 Å². The van der Waals surface area contributed by atoms with Gasteiger partial charge in [0.25, 0.3) is 0 Å². The van der Waals surface area contributed by atoms with E-state index in [-0.39, 0.29) is 5.91 Å². The maximum Gasteiger partial charge on any atom is 0.319 e. The summed E-state index contributed by atoms with van der Waals surface area (Å²) in [4.78, 5) is 25.0. The van der Waals surface area contributed by atoms with Crippen molar-refractivity contribution in [1.29, 1.82) is 0 Å². The van der Waals surface area contributed by atoms with Crippen LogP contribution in [-0.4, -0.2) is 48.2 Å². The summed E-state index contributed by atoms with van der Waals surface area (Å²) in [5.41, 5.74) is -1.15. The number of carboxylic acids is 1. The molecule has 98 valence electrons. The van der Waals surface area contributed by atoms with Crippen molar-refractivity contribution in [2.45, 2.75) is 33.1 Å². The van der Waals surface area contributed by atoms with Gasteiger partial charge < -0.3 is 14.7 Å². The number of ether oxygens (including phenoxy) is 1. The summed E-state index contributed by atoms with van der Waals surface area (Å²) >= 11 is 0. The van der Waals surface area contributed by atoms with Crippen LogP contribution in [0, 0.1) is 5.41 Å². The molecule has 0 heterocycles. The lowest BCUT2D eigenvalue weighted by Crippen LogP contribution is -2.53. The van der Waals surface area contributed by atoms with Gasteiger partial charge in [0.15, 0.2) is 0 Å². The highest BCUT2D eigenvalue weighted by Crippen LogP contribution is 2.42. The minimum absolute atomic E-state index is 0.251.